The van der Waals surface area contributed by atoms with Gasteiger partial charge in [-0.15, -0.1) is 0 Å². The summed E-state index contributed by atoms with van der Waals surface area (Å²) >= 11 is 0. The van der Waals surface area contributed by atoms with E-state index in [4.69, 9.17) is 4.74 Å². The fourth-order valence-electron chi connectivity index (χ4n) is 1.45. The molecule has 100 valence electrons. The topological polar surface area (TPSA) is 64.4 Å². The molecule has 5 nitrogen and oxygen atoms in total. The number of nitrogens with one attached hydrogen (secondary N) is 1. The third kappa shape index (κ3) is 3.71. The van der Waals surface area contributed by atoms with Crippen molar-refractivity contribution in [1.29, 1.82) is 0 Å². The molecule has 0 spiro atoms. The van der Waals surface area contributed by atoms with Crippen LogP contribution >= 0.6 is 0 Å². The molecule has 0 amide bonds. The molecule has 0 aliphatic heterocycles. The summed E-state index contributed by atoms with van der Waals surface area (Å²) in [5.74, 6) is -1.98. The molecule has 1 aromatic carbocycles. The first-order valence-electron chi connectivity index (χ1n) is 5.30. The van der Waals surface area contributed by atoms with Crippen molar-refractivity contribution in [3.8, 4) is 0 Å². The van der Waals surface area contributed by atoms with E-state index in [0.717, 1.165) is 6.07 Å². The summed E-state index contributed by atoms with van der Waals surface area (Å²) in [7, 11) is 1.53. The number of nitrogens with zero attached hydrogens (tertiary/aromatic N) is 1. The number of benzene rings is 1. The Balaban J connectivity index is 2.82. The standard InChI is InChI=1S/C11H14F2N2O3/c1-7(6-18-2)14-5-8-3-11(15(16)17)10(13)4-9(8)12/h3-4,7,14H,5-6H2,1-2H3. The van der Waals surface area contributed by atoms with Crippen LogP contribution in [0.1, 0.15) is 12.5 Å². The third-order valence-electron chi connectivity index (χ3n) is 2.37. The van der Waals surface area contributed by atoms with Gasteiger partial charge in [-0.3, -0.25) is 10.1 Å². The average molecular weight is 260 g/mol. The quantitative estimate of drug-likeness (QED) is 0.627. The van der Waals surface area contributed by atoms with Gasteiger partial charge in [0, 0.05) is 37.4 Å². The van der Waals surface area contributed by atoms with Gasteiger partial charge in [0.1, 0.15) is 5.82 Å². The van der Waals surface area contributed by atoms with Crippen LogP contribution in [0.4, 0.5) is 14.5 Å². The molecule has 0 radical (unpaired) electrons. The second-order valence-corrected chi connectivity index (χ2v) is 3.89. The lowest BCUT2D eigenvalue weighted by Gasteiger charge is -2.13. The summed E-state index contributed by atoms with van der Waals surface area (Å²) in [6.07, 6.45) is 0. The lowest BCUT2D eigenvalue weighted by Crippen LogP contribution is -2.29. The molecule has 1 aromatic rings. The van der Waals surface area contributed by atoms with Gasteiger partial charge in [-0.25, -0.2) is 4.39 Å². The number of halogens is 2. The highest BCUT2D eigenvalue weighted by Gasteiger charge is 2.18. The first-order chi connectivity index (χ1) is 8.45. The Morgan fingerprint density at radius 2 is 2.11 bits per heavy atom. The molecule has 1 atom stereocenters. The number of nitro groups is 1. The number of rotatable bonds is 6. The van der Waals surface area contributed by atoms with Crippen molar-refractivity contribution in [2.45, 2.75) is 19.5 Å². The Labute approximate surface area is 103 Å². The van der Waals surface area contributed by atoms with E-state index in [9.17, 15) is 18.9 Å². The molecular weight excluding hydrogens is 246 g/mol. The molecule has 18 heavy (non-hydrogen) atoms. The Hall–Kier alpha value is -1.60. The van der Waals surface area contributed by atoms with Gasteiger partial charge in [0.2, 0.25) is 5.82 Å². The number of hydrogen-bond donors (Lipinski definition) is 1. The predicted octanol–water partition coefficient (Wildman–Crippen LogP) is 2.00. The normalized spacial score (nSPS) is 12.4. The van der Waals surface area contributed by atoms with E-state index in [0.29, 0.717) is 12.7 Å². The molecule has 0 fully saturated rings. The van der Waals surface area contributed by atoms with Gasteiger partial charge in [0.15, 0.2) is 0 Å². The van der Waals surface area contributed by atoms with Crippen LogP contribution < -0.4 is 5.32 Å². The van der Waals surface area contributed by atoms with Crippen molar-refractivity contribution in [2.75, 3.05) is 13.7 Å². The van der Waals surface area contributed by atoms with Crippen LogP contribution in [0, 0.1) is 21.7 Å². The first kappa shape index (κ1) is 14.5. The molecule has 0 bridgehead atoms. The van der Waals surface area contributed by atoms with E-state index in [2.05, 4.69) is 5.32 Å². The van der Waals surface area contributed by atoms with Crippen LogP contribution in [0.2, 0.25) is 0 Å². The second kappa shape index (κ2) is 6.36. The first-order valence-corrected chi connectivity index (χ1v) is 5.30. The average Bonchev–Trinajstić information content (AvgIpc) is 2.27. The molecule has 1 rings (SSSR count). The van der Waals surface area contributed by atoms with E-state index < -0.39 is 22.2 Å². The number of hydrogen-bond acceptors (Lipinski definition) is 4. The minimum atomic E-state index is -1.17. The third-order valence-corrected chi connectivity index (χ3v) is 2.37. The molecule has 7 heteroatoms. The van der Waals surface area contributed by atoms with E-state index in [1.807, 2.05) is 6.92 Å². The van der Waals surface area contributed by atoms with Gasteiger partial charge in [-0.2, -0.15) is 4.39 Å². The monoisotopic (exact) mass is 260 g/mol. The molecular formula is C11H14F2N2O3. The minimum absolute atomic E-state index is 0.0430. The van der Waals surface area contributed by atoms with E-state index >= 15 is 0 Å². The fraction of sp³-hybridized carbons (Fsp3) is 0.455. The molecule has 0 aliphatic carbocycles. The largest absolute Gasteiger partial charge is 0.383 e. The van der Waals surface area contributed by atoms with Crippen LogP contribution in [0.3, 0.4) is 0 Å². The summed E-state index contributed by atoms with van der Waals surface area (Å²) in [5, 5.41) is 13.4. The number of nitro benzene ring substituents is 1. The van der Waals surface area contributed by atoms with Gasteiger partial charge in [-0.05, 0) is 6.92 Å². The summed E-state index contributed by atoms with van der Waals surface area (Å²) in [6, 6.07) is 1.38. The maximum atomic E-state index is 13.4. The highest BCUT2D eigenvalue weighted by atomic mass is 19.1. The molecule has 1 N–H and O–H groups in total. The van der Waals surface area contributed by atoms with Gasteiger partial charge in [-0.1, -0.05) is 0 Å². The summed E-state index contributed by atoms with van der Waals surface area (Å²) in [5.41, 5.74) is -0.682. The molecule has 0 heterocycles. The van der Waals surface area contributed by atoms with Crippen molar-refractivity contribution in [3.05, 3.63) is 39.4 Å². The molecule has 0 saturated heterocycles. The zero-order chi connectivity index (χ0) is 13.7. The highest BCUT2D eigenvalue weighted by molar-refractivity contribution is 5.37. The Morgan fingerprint density at radius 3 is 2.67 bits per heavy atom. The van der Waals surface area contributed by atoms with Crippen molar-refractivity contribution < 1.29 is 18.4 Å². The van der Waals surface area contributed by atoms with Crippen molar-refractivity contribution in [1.82, 2.24) is 5.32 Å². The zero-order valence-electron chi connectivity index (χ0n) is 10.1. The van der Waals surface area contributed by atoms with Crippen LogP contribution in [0.25, 0.3) is 0 Å². The zero-order valence-corrected chi connectivity index (χ0v) is 10.1. The van der Waals surface area contributed by atoms with E-state index in [1.165, 1.54) is 7.11 Å². The molecule has 0 aliphatic rings. The smallest absolute Gasteiger partial charge is 0.305 e. The maximum absolute atomic E-state index is 13.4. The van der Waals surface area contributed by atoms with Gasteiger partial charge in [0.25, 0.3) is 0 Å². The van der Waals surface area contributed by atoms with Crippen LogP contribution in [-0.2, 0) is 11.3 Å². The second-order valence-electron chi connectivity index (χ2n) is 3.89. The molecule has 0 aromatic heterocycles. The lowest BCUT2D eigenvalue weighted by atomic mass is 10.1. The SMILES string of the molecule is COCC(C)NCc1cc([N+](=O)[O-])c(F)cc1F. The highest BCUT2D eigenvalue weighted by Crippen LogP contribution is 2.21. The fourth-order valence-corrected chi connectivity index (χ4v) is 1.45. The minimum Gasteiger partial charge on any atom is -0.383 e. The number of ether oxygens (including phenoxy) is 1. The molecule has 0 saturated carbocycles. The van der Waals surface area contributed by atoms with E-state index in [1.54, 1.807) is 0 Å². The van der Waals surface area contributed by atoms with Crippen LogP contribution in [0.5, 0.6) is 0 Å². The van der Waals surface area contributed by atoms with Gasteiger partial charge >= 0.3 is 5.69 Å². The van der Waals surface area contributed by atoms with Gasteiger partial charge in [0.05, 0.1) is 11.5 Å². The van der Waals surface area contributed by atoms with Crippen molar-refractivity contribution >= 4 is 5.69 Å². The van der Waals surface area contributed by atoms with E-state index in [-0.39, 0.29) is 18.2 Å². The number of methoxy groups -OCH3 is 1. The summed E-state index contributed by atoms with van der Waals surface area (Å²) in [4.78, 5) is 9.65. The Bertz CT molecular complexity index is 441. The lowest BCUT2D eigenvalue weighted by molar-refractivity contribution is -0.387. The Kier molecular flexibility index (Phi) is 5.11. The van der Waals surface area contributed by atoms with Crippen molar-refractivity contribution in [2.24, 2.45) is 0 Å². The summed E-state index contributed by atoms with van der Waals surface area (Å²) in [6.45, 7) is 2.31. The van der Waals surface area contributed by atoms with Crippen LogP contribution in [0.15, 0.2) is 12.1 Å². The van der Waals surface area contributed by atoms with Crippen LogP contribution in [-0.4, -0.2) is 24.7 Å². The predicted molar refractivity (Wildman–Crippen MR) is 61.2 cm³/mol. The molecule has 1 unspecified atom stereocenters. The van der Waals surface area contributed by atoms with Gasteiger partial charge < -0.3 is 10.1 Å². The summed E-state index contributed by atoms with van der Waals surface area (Å²) < 4.78 is 31.4. The Morgan fingerprint density at radius 1 is 1.44 bits per heavy atom. The maximum Gasteiger partial charge on any atom is 0.305 e. The van der Waals surface area contributed by atoms with Crippen molar-refractivity contribution in [3.63, 3.8) is 0 Å².